The van der Waals surface area contributed by atoms with Crippen molar-refractivity contribution >= 4 is 23.2 Å². The van der Waals surface area contributed by atoms with Crippen LogP contribution in [0.3, 0.4) is 0 Å². The van der Waals surface area contributed by atoms with E-state index in [-0.39, 0.29) is 12.5 Å². The number of aryl methyl sites for hydroxylation is 1. The molecule has 0 aromatic heterocycles. The number of benzene rings is 3. The van der Waals surface area contributed by atoms with E-state index < -0.39 is 0 Å². The van der Waals surface area contributed by atoms with Gasteiger partial charge in [0.2, 0.25) is 0 Å². The van der Waals surface area contributed by atoms with Crippen LogP contribution in [0.5, 0.6) is 5.75 Å². The van der Waals surface area contributed by atoms with E-state index in [0.29, 0.717) is 16.3 Å². The number of fused-ring (bicyclic) bond motifs is 1. The zero-order chi connectivity index (χ0) is 19.3. The monoisotopic (exact) mass is 390 g/mol. The number of para-hydroxylation sites is 1. The maximum atomic E-state index is 12.7. The highest BCUT2D eigenvalue weighted by molar-refractivity contribution is 6.31. The van der Waals surface area contributed by atoms with Gasteiger partial charge in [-0.25, -0.2) is 5.43 Å². The van der Waals surface area contributed by atoms with Crippen molar-refractivity contribution in [3.8, 4) is 5.75 Å². The maximum absolute atomic E-state index is 12.7. The van der Waals surface area contributed by atoms with Crippen LogP contribution in [-0.2, 0) is 13.0 Å². The van der Waals surface area contributed by atoms with Crippen LogP contribution in [0.1, 0.15) is 33.5 Å². The Morgan fingerprint density at radius 1 is 0.964 bits per heavy atom. The van der Waals surface area contributed by atoms with E-state index in [1.165, 1.54) is 5.56 Å². The lowest BCUT2D eigenvalue weighted by molar-refractivity contribution is 0.0950. The highest BCUT2D eigenvalue weighted by atomic mass is 35.5. The van der Waals surface area contributed by atoms with Crippen LogP contribution >= 0.6 is 11.6 Å². The molecule has 1 aliphatic carbocycles. The molecule has 3 aromatic rings. The summed E-state index contributed by atoms with van der Waals surface area (Å²) in [6.45, 7) is 0.284. The van der Waals surface area contributed by atoms with Crippen molar-refractivity contribution < 1.29 is 9.53 Å². The molecule has 0 atom stereocenters. The summed E-state index contributed by atoms with van der Waals surface area (Å²) in [5.41, 5.74) is 7.24. The molecule has 0 saturated carbocycles. The first-order chi connectivity index (χ1) is 13.7. The van der Waals surface area contributed by atoms with E-state index in [9.17, 15) is 4.79 Å². The topological polar surface area (TPSA) is 50.7 Å². The summed E-state index contributed by atoms with van der Waals surface area (Å²) in [5.74, 6) is 0.193. The standard InChI is InChI=1S/C23H19ClN2O2/c24-20-11-5-2-8-17(20)15-28-22-12-6-4-10-19(22)23(27)26-25-21-14-13-16-7-1-3-9-18(16)21/h1-12H,13-15H2,(H,26,27). The van der Waals surface area contributed by atoms with E-state index in [4.69, 9.17) is 16.3 Å². The largest absolute Gasteiger partial charge is 0.488 e. The van der Waals surface area contributed by atoms with Crippen LogP contribution in [-0.4, -0.2) is 11.6 Å². The molecular weight excluding hydrogens is 372 g/mol. The van der Waals surface area contributed by atoms with Gasteiger partial charge in [0, 0.05) is 16.1 Å². The number of carbonyl (C=O) groups is 1. The predicted molar refractivity (Wildman–Crippen MR) is 111 cm³/mol. The Hall–Kier alpha value is -3.11. The van der Waals surface area contributed by atoms with Crippen LogP contribution in [0.15, 0.2) is 77.9 Å². The molecule has 0 bridgehead atoms. The minimum Gasteiger partial charge on any atom is -0.488 e. The van der Waals surface area contributed by atoms with Gasteiger partial charge < -0.3 is 4.74 Å². The number of nitrogens with one attached hydrogen (secondary N) is 1. The summed E-state index contributed by atoms with van der Waals surface area (Å²) in [6, 6.07) is 22.7. The number of hydrogen-bond donors (Lipinski definition) is 1. The molecule has 1 aliphatic rings. The Balaban J connectivity index is 1.48. The second kappa shape index (κ2) is 8.28. The molecule has 0 aliphatic heterocycles. The summed E-state index contributed by atoms with van der Waals surface area (Å²) >= 11 is 6.18. The van der Waals surface area contributed by atoms with Gasteiger partial charge in [0.05, 0.1) is 11.3 Å². The molecule has 0 saturated heterocycles. The number of hydrazone groups is 1. The van der Waals surface area contributed by atoms with Crippen LogP contribution in [0.25, 0.3) is 0 Å². The molecule has 4 nitrogen and oxygen atoms in total. The van der Waals surface area contributed by atoms with Crippen molar-refractivity contribution in [2.24, 2.45) is 5.10 Å². The van der Waals surface area contributed by atoms with Crippen molar-refractivity contribution in [1.29, 1.82) is 0 Å². The van der Waals surface area contributed by atoms with Gasteiger partial charge in [-0.2, -0.15) is 5.10 Å². The number of rotatable bonds is 5. The van der Waals surface area contributed by atoms with E-state index in [1.807, 2.05) is 48.5 Å². The molecular formula is C23H19ClN2O2. The molecule has 0 radical (unpaired) electrons. The number of nitrogens with zero attached hydrogens (tertiary/aromatic N) is 1. The van der Waals surface area contributed by atoms with Gasteiger partial charge in [-0.1, -0.05) is 66.2 Å². The van der Waals surface area contributed by atoms with E-state index in [0.717, 1.165) is 29.7 Å². The molecule has 140 valence electrons. The minimum absolute atomic E-state index is 0.284. The SMILES string of the molecule is O=C(NN=C1CCc2ccccc21)c1ccccc1OCc1ccccc1Cl. The zero-order valence-electron chi connectivity index (χ0n) is 15.2. The van der Waals surface area contributed by atoms with Crippen molar-refractivity contribution in [3.63, 3.8) is 0 Å². The smallest absolute Gasteiger partial charge is 0.275 e. The minimum atomic E-state index is -0.299. The molecule has 1 N–H and O–H groups in total. The molecule has 28 heavy (non-hydrogen) atoms. The Morgan fingerprint density at radius 3 is 2.61 bits per heavy atom. The van der Waals surface area contributed by atoms with Crippen LogP contribution in [0.4, 0.5) is 0 Å². The summed E-state index contributed by atoms with van der Waals surface area (Å²) in [6.07, 6.45) is 1.77. The van der Waals surface area contributed by atoms with Gasteiger partial charge >= 0.3 is 0 Å². The van der Waals surface area contributed by atoms with Crippen LogP contribution in [0, 0.1) is 0 Å². The number of carbonyl (C=O) groups excluding carboxylic acids is 1. The molecule has 0 spiro atoms. The van der Waals surface area contributed by atoms with E-state index in [2.05, 4.69) is 16.6 Å². The zero-order valence-corrected chi connectivity index (χ0v) is 15.9. The van der Waals surface area contributed by atoms with Crippen molar-refractivity contribution in [3.05, 3.63) is 100 Å². The Kier molecular flexibility index (Phi) is 5.40. The van der Waals surface area contributed by atoms with Crippen molar-refractivity contribution in [2.45, 2.75) is 19.4 Å². The van der Waals surface area contributed by atoms with Crippen LogP contribution in [0.2, 0.25) is 5.02 Å². The quantitative estimate of drug-likeness (QED) is 0.623. The molecule has 3 aromatic carbocycles. The predicted octanol–water partition coefficient (Wildman–Crippen LogP) is 5.00. The van der Waals surface area contributed by atoms with Gasteiger partial charge in [-0.3, -0.25) is 4.79 Å². The van der Waals surface area contributed by atoms with E-state index in [1.54, 1.807) is 18.2 Å². The Bertz CT molecular complexity index is 1050. The molecule has 0 heterocycles. The Labute approximate surface area is 168 Å². The first-order valence-corrected chi connectivity index (χ1v) is 9.50. The Morgan fingerprint density at radius 2 is 1.71 bits per heavy atom. The highest BCUT2D eigenvalue weighted by Gasteiger charge is 2.18. The van der Waals surface area contributed by atoms with Crippen molar-refractivity contribution in [2.75, 3.05) is 0 Å². The third-order valence-corrected chi connectivity index (χ3v) is 5.09. The number of hydrogen-bond acceptors (Lipinski definition) is 3. The van der Waals surface area contributed by atoms with Gasteiger partial charge in [0.15, 0.2) is 0 Å². The average Bonchev–Trinajstić information content (AvgIpc) is 3.15. The second-order valence-electron chi connectivity index (χ2n) is 6.53. The molecule has 1 amide bonds. The second-order valence-corrected chi connectivity index (χ2v) is 6.94. The lowest BCUT2D eigenvalue weighted by atomic mass is 10.1. The van der Waals surface area contributed by atoms with Gasteiger partial charge in [-0.15, -0.1) is 0 Å². The van der Waals surface area contributed by atoms with Crippen molar-refractivity contribution in [1.82, 2.24) is 5.43 Å². The summed E-state index contributed by atoms with van der Waals surface area (Å²) in [7, 11) is 0. The average molecular weight is 391 g/mol. The van der Waals surface area contributed by atoms with Crippen LogP contribution < -0.4 is 10.2 Å². The third kappa shape index (κ3) is 3.92. The normalized spacial score (nSPS) is 14.0. The molecule has 5 heteroatoms. The van der Waals surface area contributed by atoms with Gasteiger partial charge in [-0.05, 0) is 36.6 Å². The molecule has 0 fully saturated rings. The molecule has 4 rings (SSSR count). The van der Waals surface area contributed by atoms with Gasteiger partial charge in [0.25, 0.3) is 5.91 Å². The van der Waals surface area contributed by atoms with Gasteiger partial charge in [0.1, 0.15) is 12.4 Å². The number of amides is 1. The summed E-state index contributed by atoms with van der Waals surface area (Å²) in [5, 5.41) is 4.99. The number of halogens is 1. The fourth-order valence-corrected chi connectivity index (χ4v) is 3.44. The molecule has 0 unspecified atom stereocenters. The fraction of sp³-hybridized carbons (Fsp3) is 0.130. The summed E-state index contributed by atoms with van der Waals surface area (Å²) < 4.78 is 5.86. The first kappa shape index (κ1) is 18.3. The lowest BCUT2D eigenvalue weighted by Gasteiger charge is -2.11. The third-order valence-electron chi connectivity index (χ3n) is 4.72. The lowest BCUT2D eigenvalue weighted by Crippen LogP contribution is -2.20. The summed E-state index contributed by atoms with van der Waals surface area (Å²) in [4.78, 5) is 12.7. The maximum Gasteiger partial charge on any atom is 0.275 e. The van der Waals surface area contributed by atoms with E-state index >= 15 is 0 Å². The fourth-order valence-electron chi connectivity index (χ4n) is 3.25. The first-order valence-electron chi connectivity index (χ1n) is 9.13. The number of ether oxygens (including phenoxy) is 1. The highest BCUT2D eigenvalue weighted by Crippen LogP contribution is 2.23.